The van der Waals surface area contributed by atoms with Crippen LogP contribution in [-0.4, -0.2) is 20.9 Å². The Kier molecular flexibility index (Phi) is 14.1. The van der Waals surface area contributed by atoms with Gasteiger partial charge in [0, 0.05) is 48.3 Å². The maximum absolute atomic E-state index is 12.2. The fourth-order valence-electron chi connectivity index (χ4n) is 6.60. The Morgan fingerprint density at radius 2 is 1.51 bits per heavy atom. The molecule has 3 aromatic carbocycles. The maximum Gasteiger partial charge on any atom is 0.164 e. The first-order valence-corrected chi connectivity index (χ1v) is 18.2. The first-order valence-electron chi connectivity index (χ1n) is 18.2. The van der Waals surface area contributed by atoms with Crippen LogP contribution in [0.25, 0.3) is 33.3 Å². The average Bonchev–Trinajstić information content (AvgIpc) is 3.09. The molecule has 4 nitrogen and oxygen atoms in total. The van der Waals surface area contributed by atoms with Crippen LogP contribution in [0, 0.1) is 22.8 Å². The van der Waals surface area contributed by atoms with Gasteiger partial charge in [0.2, 0.25) is 0 Å². The number of carbonyl (C=O) groups is 1. The van der Waals surface area contributed by atoms with E-state index in [1.165, 1.54) is 39.3 Å². The summed E-state index contributed by atoms with van der Waals surface area (Å²) in [4.78, 5) is 21.7. The Labute approximate surface area is 309 Å². The molecule has 0 saturated carbocycles. The Hall–Kier alpha value is -3.14. The van der Waals surface area contributed by atoms with Gasteiger partial charge in [0.05, 0.1) is 5.69 Å². The summed E-state index contributed by atoms with van der Waals surface area (Å²) in [6.07, 6.45) is 9.62. The number of benzene rings is 3. The number of aliphatic hydroxyl groups is 1. The van der Waals surface area contributed by atoms with Crippen molar-refractivity contribution in [2.75, 3.05) is 0 Å². The van der Waals surface area contributed by atoms with Crippen molar-refractivity contribution >= 4 is 16.6 Å². The number of allylic oxidation sites excluding steroid dienone is 2. The number of hydrogen-bond acceptors (Lipinski definition) is 4. The number of aliphatic hydroxyl groups excluding tert-OH is 1. The normalized spacial score (nSPS) is 13.0. The predicted molar refractivity (Wildman–Crippen MR) is 202 cm³/mol. The summed E-state index contributed by atoms with van der Waals surface area (Å²) in [5, 5.41) is 12.6. The van der Waals surface area contributed by atoms with Crippen LogP contribution in [-0.2, 0) is 44.2 Å². The van der Waals surface area contributed by atoms with Crippen molar-refractivity contribution < 1.29 is 30.0 Å². The molecule has 1 heterocycles. The predicted octanol–water partition coefficient (Wildman–Crippen LogP) is 11.8. The molecule has 1 N–H and O–H groups in total. The van der Waals surface area contributed by atoms with E-state index in [9.17, 15) is 9.90 Å². The number of aromatic nitrogens is 2. The largest absolute Gasteiger partial charge is 0.512 e. The van der Waals surface area contributed by atoms with Gasteiger partial charge in [0.1, 0.15) is 12.1 Å². The molecule has 265 valence electrons. The molecular weight excluding hydrogens is 781 g/mol. The van der Waals surface area contributed by atoms with Crippen LogP contribution in [0.15, 0.2) is 66.7 Å². The summed E-state index contributed by atoms with van der Waals surface area (Å²) < 4.78 is 0. The summed E-state index contributed by atoms with van der Waals surface area (Å²) >= 11 is 0. The minimum Gasteiger partial charge on any atom is -0.512 e. The number of hydrogen-bond donors (Lipinski definition) is 1. The third-order valence-electron chi connectivity index (χ3n) is 10.9. The van der Waals surface area contributed by atoms with Crippen molar-refractivity contribution in [2.45, 2.75) is 120 Å². The Morgan fingerprint density at radius 3 is 2.12 bits per heavy atom. The van der Waals surface area contributed by atoms with Gasteiger partial charge >= 0.3 is 0 Å². The molecule has 5 rings (SSSR count). The SMILES string of the molecule is CC(C)Cc1ccc2c(c1)CCc1c(-c3[c-]c4ccccc4c(C(C)C)c3)ncnc1-2.CCC(C)(CC)C(=O)/C=C(\O)C(C)(CC)CC.[Ir]. The number of ketones is 1. The van der Waals surface area contributed by atoms with Crippen LogP contribution < -0.4 is 0 Å². The van der Waals surface area contributed by atoms with Gasteiger partial charge < -0.3 is 5.11 Å². The first-order chi connectivity index (χ1) is 22.8. The smallest absolute Gasteiger partial charge is 0.164 e. The fourth-order valence-corrected chi connectivity index (χ4v) is 6.60. The summed E-state index contributed by atoms with van der Waals surface area (Å²) in [5.41, 5.74) is 9.33. The van der Waals surface area contributed by atoms with Gasteiger partial charge in [0.25, 0.3) is 0 Å². The summed E-state index contributed by atoms with van der Waals surface area (Å²) in [5.74, 6) is 1.39. The van der Waals surface area contributed by atoms with Gasteiger partial charge in [-0.05, 0) is 73.5 Å². The molecule has 1 aliphatic carbocycles. The van der Waals surface area contributed by atoms with Crippen LogP contribution in [0.5, 0.6) is 0 Å². The molecule has 49 heavy (non-hydrogen) atoms. The van der Waals surface area contributed by atoms with Crippen LogP contribution in [0.1, 0.15) is 123 Å². The van der Waals surface area contributed by atoms with Crippen molar-refractivity contribution in [1.82, 2.24) is 9.97 Å². The molecule has 4 aromatic rings. The second kappa shape index (κ2) is 17.2. The third-order valence-corrected chi connectivity index (χ3v) is 10.9. The molecule has 0 spiro atoms. The molecular formula is C44H57IrN2O2-. The summed E-state index contributed by atoms with van der Waals surface area (Å²) in [7, 11) is 0. The molecule has 1 aromatic heterocycles. The zero-order valence-corrected chi connectivity index (χ0v) is 33.9. The number of fused-ring (bicyclic) bond motifs is 4. The molecule has 1 aliphatic rings. The Bertz CT molecular complexity index is 1760. The van der Waals surface area contributed by atoms with Gasteiger partial charge in [-0.3, -0.25) is 9.78 Å². The van der Waals surface area contributed by atoms with E-state index in [0.717, 1.165) is 67.3 Å². The fraction of sp³-hybridized carbons (Fsp3) is 0.477. The van der Waals surface area contributed by atoms with E-state index in [1.807, 2.05) is 41.5 Å². The minimum atomic E-state index is -0.337. The van der Waals surface area contributed by atoms with Crippen molar-refractivity contribution in [3.63, 3.8) is 0 Å². The number of rotatable bonds is 11. The summed E-state index contributed by atoms with van der Waals surface area (Å²) in [6, 6.07) is 21.4. The number of carbonyl (C=O) groups excluding carboxylic acids is 1. The molecule has 0 unspecified atom stereocenters. The molecule has 0 saturated heterocycles. The quantitative estimate of drug-likeness (QED) is 0.0928. The van der Waals surface area contributed by atoms with E-state index < -0.39 is 0 Å². The van der Waals surface area contributed by atoms with Crippen molar-refractivity contribution in [2.24, 2.45) is 16.7 Å². The van der Waals surface area contributed by atoms with E-state index in [4.69, 9.17) is 9.97 Å². The van der Waals surface area contributed by atoms with Crippen LogP contribution >= 0.6 is 0 Å². The van der Waals surface area contributed by atoms with Crippen LogP contribution in [0.4, 0.5) is 0 Å². The molecule has 0 fully saturated rings. The van der Waals surface area contributed by atoms with Crippen LogP contribution in [0.2, 0.25) is 0 Å². The van der Waals surface area contributed by atoms with E-state index in [1.54, 1.807) is 6.33 Å². The maximum atomic E-state index is 12.2. The second-order valence-corrected chi connectivity index (χ2v) is 14.9. The molecule has 0 amide bonds. The Morgan fingerprint density at radius 1 is 0.878 bits per heavy atom. The van der Waals surface area contributed by atoms with Gasteiger partial charge in [0.15, 0.2) is 5.78 Å². The van der Waals surface area contributed by atoms with Gasteiger partial charge in [-0.2, -0.15) is 0 Å². The molecule has 0 bridgehead atoms. The molecule has 1 radical (unpaired) electrons. The molecule has 5 heteroatoms. The standard InChI is InChI=1S/C29H29N2.C15H28O2.Ir/c1-18(2)13-20-9-11-25-22(14-20)10-12-26-28(30-17-31-29(25)26)23-15-21-7-5-6-8-24(21)27(16-23)19(3)4;1-7-14(5,8-2)12(16)11-13(17)15(6,9-3)10-4;/h5-9,11,14,16-19H,10,12-13H2,1-4H3;11,16H,7-10H2,1-6H3;/q-1;;/b;12-11-;. The van der Waals surface area contributed by atoms with Gasteiger partial charge in [-0.25, -0.2) is 4.98 Å². The summed E-state index contributed by atoms with van der Waals surface area (Å²) in [6.45, 7) is 21.1. The first kappa shape index (κ1) is 40.3. The zero-order chi connectivity index (χ0) is 35.2. The van der Waals surface area contributed by atoms with E-state index in [-0.39, 0.29) is 42.5 Å². The van der Waals surface area contributed by atoms with Crippen LogP contribution in [0.3, 0.4) is 0 Å². The van der Waals surface area contributed by atoms with Crippen molar-refractivity contribution in [3.8, 4) is 22.5 Å². The minimum absolute atomic E-state index is 0. The van der Waals surface area contributed by atoms with Gasteiger partial charge in [-0.1, -0.05) is 117 Å². The number of aryl methyl sites for hydroxylation is 1. The van der Waals surface area contributed by atoms with Gasteiger partial charge in [-0.15, -0.1) is 29.1 Å². The third kappa shape index (κ3) is 8.97. The Balaban J connectivity index is 0.000000312. The molecule has 0 aliphatic heterocycles. The van der Waals surface area contributed by atoms with E-state index >= 15 is 0 Å². The number of nitrogens with zero attached hydrogens (tertiary/aromatic N) is 2. The molecule has 0 atom stereocenters. The monoisotopic (exact) mass is 838 g/mol. The average molecular weight is 838 g/mol. The van der Waals surface area contributed by atoms with Crippen molar-refractivity contribution in [3.05, 3.63) is 95.0 Å². The van der Waals surface area contributed by atoms with Crippen molar-refractivity contribution in [1.29, 1.82) is 0 Å². The zero-order valence-electron chi connectivity index (χ0n) is 31.5. The second-order valence-electron chi connectivity index (χ2n) is 14.9. The van der Waals surface area contributed by atoms with E-state index in [0.29, 0.717) is 11.8 Å². The topological polar surface area (TPSA) is 63.1 Å². The van der Waals surface area contributed by atoms with E-state index in [2.05, 4.69) is 82.3 Å².